The van der Waals surface area contributed by atoms with Crippen LogP contribution in [-0.4, -0.2) is 12.3 Å². The minimum absolute atomic E-state index is 0. The van der Waals surface area contributed by atoms with Crippen LogP contribution < -0.4 is 0 Å². The molecule has 2 aliphatic heterocycles. The SMILES string of the molecule is [CH]1[CH][CH][CH][CH]1.[CH]1[CH][CH][CH][CH]1.[CH]1[CH][CH][CH][CH]1.[CH]1[CH][CH][CH][CH]1.[CH]1[CH][C]2[C]3[CH][CH][CH][C]3P(CCP3[C]4[CH][CH][CH][C]4[C]4[CH][CH][CH][C]43)[C]2[CH]1.[Fe+2]. The van der Waals surface area contributed by atoms with Gasteiger partial charge >= 0.3 is 17.1 Å². The fourth-order valence-electron chi connectivity index (χ4n) is 5.72. The van der Waals surface area contributed by atoms with Crippen molar-refractivity contribution in [2.24, 2.45) is 0 Å². The van der Waals surface area contributed by atoms with Crippen LogP contribution in [0.15, 0.2) is 0 Å². The van der Waals surface area contributed by atoms with Gasteiger partial charge in [-0.1, -0.05) is 15.8 Å². The van der Waals surface area contributed by atoms with Crippen molar-refractivity contribution in [1.82, 2.24) is 0 Å². The molecular formula is C42H36FeP2+2. The van der Waals surface area contributed by atoms with Gasteiger partial charge in [-0.2, -0.15) is 0 Å². The topological polar surface area (TPSA) is 0 Å². The predicted octanol–water partition coefficient (Wildman–Crippen LogP) is 8.99. The van der Waals surface area contributed by atoms with E-state index in [0.717, 1.165) is 0 Å². The number of fused-ring (bicyclic) bond motifs is 6. The zero-order chi connectivity index (χ0) is 29.8. The Labute approximate surface area is 295 Å². The summed E-state index contributed by atoms with van der Waals surface area (Å²) in [6.45, 7) is 0. The molecule has 0 aromatic heterocycles. The minimum atomic E-state index is -0.152. The monoisotopic (exact) mass is 658 g/mol. The third-order valence-electron chi connectivity index (χ3n) is 7.68. The van der Waals surface area contributed by atoms with E-state index in [-0.39, 0.29) is 32.9 Å². The maximum Gasteiger partial charge on any atom is 2.00 e. The minimum Gasteiger partial charge on any atom is -0.0899 e. The van der Waals surface area contributed by atoms with Gasteiger partial charge < -0.3 is 0 Å². The van der Waals surface area contributed by atoms with Gasteiger partial charge in [0, 0.05) is 22.6 Å². The molecule has 2 saturated heterocycles. The summed E-state index contributed by atoms with van der Waals surface area (Å²) in [6.07, 6.45) is 70.3. The normalized spacial score (nSPS) is 29.6. The van der Waals surface area contributed by atoms with Crippen molar-refractivity contribution < 1.29 is 17.1 Å². The molecule has 10 fully saturated rings. The average Bonchev–Trinajstić information content (AvgIpc) is 3.93. The number of hydrogen-bond donors (Lipinski definition) is 0. The molecule has 220 valence electrons. The van der Waals surface area contributed by atoms with Gasteiger partial charge in [-0.15, -0.1) is 0 Å². The van der Waals surface area contributed by atoms with Crippen molar-refractivity contribution in [3.8, 4) is 0 Å². The summed E-state index contributed by atoms with van der Waals surface area (Å²) in [5.41, 5.74) is 6.48. The van der Waals surface area contributed by atoms with Crippen molar-refractivity contribution >= 4 is 15.8 Å². The molecule has 8 aliphatic carbocycles. The van der Waals surface area contributed by atoms with Gasteiger partial charge in [-0.3, -0.25) is 0 Å². The Kier molecular flexibility index (Phi) is 17.5. The van der Waals surface area contributed by atoms with E-state index in [0.29, 0.717) is 0 Å². The standard InChI is InChI=1S/C22H16P2.4C5H5.Fe/c1-5-15-16-6-2-10-20(16)23(19(15)9-1)13-14-24-21-11-3-7-17(21)18-8-4-12-22(18)24;4*1-2-4-5-3-1;/h1-12H,13-14H2;4*1-5H;/q;;;;;+2. The zero-order valence-corrected chi connectivity index (χ0v) is 28.0. The molecule has 45 heavy (non-hydrogen) atoms. The van der Waals surface area contributed by atoms with Gasteiger partial charge in [-0.25, -0.2) is 0 Å². The fraction of sp³-hybridized carbons (Fsp3) is 0.0476. The quantitative estimate of drug-likeness (QED) is 0.210. The second-order valence-electron chi connectivity index (χ2n) is 10.5. The van der Waals surface area contributed by atoms with Crippen LogP contribution in [0.5, 0.6) is 0 Å². The van der Waals surface area contributed by atoms with Gasteiger partial charge in [0.1, 0.15) is 0 Å². The van der Waals surface area contributed by atoms with E-state index in [1.807, 2.05) is 128 Å². The van der Waals surface area contributed by atoms with Crippen LogP contribution in [0.1, 0.15) is 0 Å². The summed E-state index contributed by atoms with van der Waals surface area (Å²) >= 11 is 0. The molecule has 0 aromatic carbocycles. The molecule has 2 heterocycles. The molecule has 0 nitrogen and oxygen atoms in total. The molecule has 10 aliphatic rings. The number of hydrogen-bond acceptors (Lipinski definition) is 0. The molecule has 0 aromatic rings. The Balaban J connectivity index is 0.000000154. The van der Waals surface area contributed by atoms with Crippen molar-refractivity contribution in [1.29, 1.82) is 0 Å². The molecule has 8 saturated carbocycles. The van der Waals surface area contributed by atoms with Gasteiger partial charge in [0.05, 0.1) is 0 Å². The van der Waals surface area contributed by atoms with Crippen molar-refractivity contribution in [3.05, 3.63) is 252 Å². The Morgan fingerprint density at radius 2 is 0.422 bits per heavy atom. The molecule has 3 heteroatoms. The van der Waals surface area contributed by atoms with Gasteiger partial charge in [0.2, 0.25) is 0 Å². The van der Waals surface area contributed by atoms with E-state index >= 15 is 0 Å². The van der Waals surface area contributed by atoms with Crippen LogP contribution in [0.4, 0.5) is 0 Å². The molecule has 0 unspecified atom stereocenters. The average molecular weight is 659 g/mol. The first-order valence-corrected chi connectivity index (χ1v) is 18.2. The molecular weight excluding hydrogens is 622 g/mol. The summed E-state index contributed by atoms with van der Waals surface area (Å²) in [6, 6.07) is 0. The summed E-state index contributed by atoms with van der Waals surface area (Å²) in [7, 11) is -0.305. The molecule has 0 amide bonds. The van der Waals surface area contributed by atoms with Crippen LogP contribution in [0, 0.1) is 252 Å². The third kappa shape index (κ3) is 10.5. The van der Waals surface area contributed by atoms with Gasteiger partial charge in [0.25, 0.3) is 0 Å². The van der Waals surface area contributed by atoms with Crippen LogP contribution in [-0.2, 0) is 17.1 Å². The molecule has 0 bridgehead atoms. The first kappa shape index (κ1) is 37.6. The maximum absolute atomic E-state index is 2.37. The van der Waals surface area contributed by atoms with Crippen LogP contribution >= 0.6 is 15.8 Å². The summed E-state index contributed by atoms with van der Waals surface area (Å²) in [5.74, 6) is 6.01. The molecule has 10 rings (SSSR count). The van der Waals surface area contributed by atoms with Crippen LogP contribution in [0.3, 0.4) is 0 Å². The molecule has 0 spiro atoms. The maximum atomic E-state index is 2.37. The second-order valence-corrected chi connectivity index (χ2v) is 15.0. The Bertz CT molecular complexity index is 616. The molecule has 0 atom stereocenters. The van der Waals surface area contributed by atoms with Crippen molar-refractivity contribution in [3.63, 3.8) is 0 Å². The first-order valence-electron chi connectivity index (χ1n) is 15.2. The van der Waals surface area contributed by atoms with Crippen LogP contribution in [0.2, 0.25) is 0 Å². The second kappa shape index (κ2) is 20.9. The molecule has 0 N–H and O–H groups in total. The van der Waals surface area contributed by atoms with E-state index in [1.54, 1.807) is 22.6 Å². The van der Waals surface area contributed by atoms with E-state index in [1.165, 1.54) is 36.0 Å². The summed E-state index contributed by atoms with van der Waals surface area (Å²) in [4.78, 5) is 0. The van der Waals surface area contributed by atoms with Crippen molar-refractivity contribution in [2.45, 2.75) is 0 Å². The Morgan fingerprint density at radius 1 is 0.244 bits per heavy atom. The number of rotatable bonds is 3. The Morgan fingerprint density at radius 3 is 0.600 bits per heavy atom. The van der Waals surface area contributed by atoms with E-state index in [9.17, 15) is 0 Å². The van der Waals surface area contributed by atoms with E-state index < -0.39 is 0 Å². The van der Waals surface area contributed by atoms with E-state index in [2.05, 4.69) is 77.0 Å². The Hall–Kier alpha value is 1.38. The fourth-order valence-corrected chi connectivity index (χ4v) is 11.8. The van der Waals surface area contributed by atoms with Gasteiger partial charge in [0.15, 0.2) is 0 Å². The smallest absolute Gasteiger partial charge is 0.0899 e. The predicted molar refractivity (Wildman–Crippen MR) is 187 cm³/mol. The largest absolute Gasteiger partial charge is 2.00 e. The summed E-state index contributed by atoms with van der Waals surface area (Å²) < 4.78 is 0. The zero-order valence-electron chi connectivity index (χ0n) is 25.1. The molecule has 40 radical (unpaired) electrons. The first-order chi connectivity index (χ1) is 21.9. The van der Waals surface area contributed by atoms with Crippen molar-refractivity contribution in [2.75, 3.05) is 12.3 Å². The van der Waals surface area contributed by atoms with Crippen LogP contribution in [0.25, 0.3) is 0 Å². The third-order valence-corrected chi connectivity index (χ3v) is 13.3. The summed E-state index contributed by atoms with van der Waals surface area (Å²) in [5, 5.41) is 0. The van der Waals surface area contributed by atoms with E-state index in [4.69, 9.17) is 0 Å². The van der Waals surface area contributed by atoms with Gasteiger partial charge in [-0.05, 0) is 241 Å².